The van der Waals surface area contributed by atoms with Crippen LogP contribution in [0.15, 0.2) is 41.4 Å². The van der Waals surface area contributed by atoms with Gasteiger partial charge in [0.2, 0.25) is 15.9 Å². The fourth-order valence-electron chi connectivity index (χ4n) is 3.25. The molecule has 0 aliphatic carbocycles. The Morgan fingerprint density at radius 2 is 1.76 bits per heavy atom. The fourth-order valence-corrected chi connectivity index (χ4v) is 3.81. The average Bonchev–Trinajstić information content (AvgIpc) is 2.99. The number of carbonyl (C=O) groups is 1. The number of benzene rings is 2. The molecule has 0 saturated heterocycles. The maximum Gasteiger partial charge on any atom is 0.237 e. The lowest BCUT2D eigenvalue weighted by Crippen LogP contribution is -2.20. The minimum absolute atomic E-state index is 0.161. The van der Waals surface area contributed by atoms with Gasteiger partial charge < -0.3 is 14.8 Å². The van der Waals surface area contributed by atoms with Crippen molar-refractivity contribution in [1.82, 2.24) is 0 Å². The second kappa shape index (κ2) is 8.12. The summed E-state index contributed by atoms with van der Waals surface area (Å²) in [5, 5.41) is 2.88. The minimum atomic E-state index is -3.34. The van der Waals surface area contributed by atoms with Crippen LogP contribution in [0.4, 0.5) is 17.1 Å². The summed E-state index contributed by atoms with van der Waals surface area (Å²) >= 11 is 0. The van der Waals surface area contributed by atoms with E-state index in [1.165, 1.54) is 0 Å². The lowest BCUT2D eigenvalue weighted by atomic mass is 9.93. The van der Waals surface area contributed by atoms with Crippen LogP contribution in [0, 0.1) is 0 Å². The number of nitrogens with one attached hydrogen (secondary N) is 2. The Morgan fingerprint density at radius 1 is 1.14 bits per heavy atom. The van der Waals surface area contributed by atoms with Crippen molar-refractivity contribution in [2.75, 3.05) is 30.5 Å². The zero-order valence-electron chi connectivity index (χ0n) is 16.6. The van der Waals surface area contributed by atoms with Crippen LogP contribution in [0.5, 0.6) is 11.5 Å². The summed E-state index contributed by atoms with van der Waals surface area (Å²) in [6.45, 7) is 1.93. The number of aliphatic imine (C=N–C) groups is 1. The second-order valence-electron chi connectivity index (χ2n) is 6.59. The molecule has 8 nitrogen and oxygen atoms in total. The van der Waals surface area contributed by atoms with Gasteiger partial charge in [-0.15, -0.1) is 0 Å². The first kappa shape index (κ1) is 20.7. The molecule has 2 aromatic rings. The van der Waals surface area contributed by atoms with Gasteiger partial charge in [-0.2, -0.15) is 0 Å². The summed E-state index contributed by atoms with van der Waals surface area (Å²) in [7, 11) is -0.257. The number of amides is 1. The van der Waals surface area contributed by atoms with Crippen LogP contribution in [0.2, 0.25) is 0 Å². The Morgan fingerprint density at radius 3 is 2.31 bits per heavy atom. The van der Waals surface area contributed by atoms with E-state index in [1.807, 2.05) is 6.92 Å². The normalized spacial score (nSPS) is 16.2. The summed E-state index contributed by atoms with van der Waals surface area (Å²) in [6.07, 6.45) is 1.66. The standard InChI is InChI=1S/C20H23N3O5S/c1-5-15(21-12-6-8-13(9-7-12)23-29(4,25)26)19-14-10-17(27-2)18(28-3)11-16(14)22-20(19)24/h6-11,19,23H,5H2,1-4H3,(H,22,24). The number of carbonyl (C=O) groups excluding carboxylic acids is 1. The Balaban J connectivity index is 1.96. The van der Waals surface area contributed by atoms with Crippen LogP contribution in [0.1, 0.15) is 24.8 Å². The van der Waals surface area contributed by atoms with Crippen molar-refractivity contribution in [3.05, 3.63) is 42.0 Å². The molecule has 1 aliphatic rings. The van der Waals surface area contributed by atoms with Crippen molar-refractivity contribution in [1.29, 1.82) is 0 Å². The van der Waals surface area contributed by atoms with E-state index < -0.39 is 15.9 Å². The van der Waals surface area contributed by atoms with Crippen molar-refractivity contribution in [2.24, 2.45) is 4.99 Å². The van der Waals surface area contributed by atoms with E-state index in [0.717, 1.165) is 11.8 Å². The first-order chi connectivity index (χ1) is 13.8. The number of methoxy groups -OCH3 is 2. The lowest BCUT2D eigenvalue weighted by Gasteiger charge is -2.14. The number of sulfonamides is 1. The molecule has 3 rings (SSSR count). The number of rotatable bonds is 7. The van der Waals surface area contributed by atoms with Crippen molar-refractivity contribution >= 4 is 38.7 Å². The van der Waals surface area contributed by atoms with Gasteiger partial charge in [0, 0.05) is 23.2 Å². The zero-order chi connectivity index (χ0) is 21.2. The van der Waals surface area contributed by atoms with Crippen LogP contribution in [0.3, 0.4) is 0 Å². The highest BCUT2D eigenvalue weighted by atomic mass is 32.2. The van der Waals surface area contributed by atoms with E-state index in [2.05, 4.69) is 15.0 Å². The van der Waals surface area contributed by atoms with Crippen LogP contribution < -0.4 is 19.5 Å². The Labute approximate surface area is 170 Å². The van der Waals surface area contributed by atoms with Gasteiger partial charge in [-0.3, -0.25) is 14.5 Å². The zero-order valence-corrected chi connectivity index (χ0v) is 17.5. The molecule has 1 unspecified atom stereocenters. The van der Waals surface area contributed by atoms with Crippen LogP contribution in [0.25, 0.3) is 0 Å². The molecule has 29 heavy (non-hydrogen) atoms. The summed E-state index contributed by atoms with van der Waals surface area (Å²) in [5.41, 5.74) is 3.22. The van der Waals surface area contributed by atoms with E-state index in [9.17, 15) is 13.2 Å². The van der Waals surface area contributed by atoms with E-state index in [1.54, 1.807) is 50.6 Å². The number of hydrogen-bond donors (Lipinski definition) is 2. The largest absolute Gasteiger partial charge is 0.493 e. The van der Waals surface area contributed by atoms with Crippen molar-refractivity contribution in [3.8, 4) is 11.5 Å². The molecule has 0 spiro atoms. The van der Waals surface area contributed by atoms with Gasteiger partial charge in [-0.1, -0.05) is 6.92 Å². The number of anilines is 2. The quantitative estimate of drug-likeness (QED) is 0.673. The summed E-state index contributed by atoms with van der Waals surface area (Å²) < 4.78 is 35.7. The topological polar surface area (TPSA) is 106 Å². The molecule has 1 aliphatic heterocycles. The Hall–Kier alpha value is -3.07. The van der Waals surface area contributed by atoms with Crippen LogP contribution in [-0.4, -0.2) is 40.5 Å². The molecule has 0 aromatic heterocycles. The monoisotopic (exact) mass is 417 g/mol. The van der Waals surface area contributed by atoms with Crippen molar-refractivity contribution in [2.45, 2.75) is 19.3 Å². The average molecular weight is 417 g/mol. The number of fused-ring (bicyclic) bond motifs is 1. The third-order valence-electron chi connectivity index (χ3n) is 4.53. The van der Waals surface area contributed by atoms with E-state index in [4.69, 9.17) is 9.47 Å². The first-order valence-corrected chi connectivity index (χ1v) is 10.9. The molecule has 154 valence electrons. The highest BCUT2D eigenvalue weighted by Crippen LogP contribution is 2.42. The van der Waals surface area contributed by atoms with Gasteiger partial charge >= 0.3 is 0 Å². The first-order valence-electron chi connectivity index (χ1n) is 8.97. The SMILES string of the molecule is CCC(=Nc1ccc(NS(C)(=O)=O)cc1)C1C(=O)Nc2cc(OC)c(OC)cc21. The molecule has 9 heteroatoms. The molecule has 1 heterocycles. The Bertz CT molecular complexity index is 1060. The van der Waals surface area contributed by atoms with Gasteiger partial charge in [0.1, 0.15) is 5.92 Å². The Kier molecular flexibility index (Phi) is 5.78. The highest BCUT2D eigenvalue weighted by molar-refractivity contribution is 7.92. The lowest BCUT2D eigenvalue weighted by molar-refractivity contribution is -0.115. The third-order valence-corrected chi connectivity index (χ3v) is 5.13. The number of ether oxygens (including phenoxy) is 2. The summed E-state index contributed by atoms with van der Waals surface area (Å²) in [5.74, 6) is 0.380. The molecule has 1 amide bonds. The molecule has 0 radical (unpaired) electrons. The molecule has 2 aromatic carbocycles. The molecule has 0 bridgehead atoms. The smallest absolute Gasteiger partial charge is 0.237 e. The number of nitrogens with zero attached hydrogens (tertiary/aromatic N) is 1. The second-order valence-corrected chi connectivity index (χ2v) is 8.34. The summed E-state index contributed by atoms with van der Waals surface area (Å²) in [6, 6.07) is 10.2. The van der Waals surface area contributed by atoms with E-state index >= 15 is 0 Å². The predicted molar refractivity (Wildman–Crippen MR) is 113 cm³/mol. The van der Waals surface area contributed by atoms with E-state index in [0.29, 0.717) is 40.7 Å². The van der Waals surface area contributed by atoms with Crippen molar-refractivity contribution < 1.29 is 22.7 Å². The van der Waals surface area contributed by atoms with E-state index in [-0.39, 0.29) is 5.91 Å². The predicted octanol–water partition coefficient (Wildman–Crippen LogP) is 3.29. The molecule has 2 N–H and O–H groups in total. The fraction of sp³-hybridized carbons (Fsp3) is 0.300. The molecular weight excluding hydrogens is 394 g/mol. The van der Waals surface area contributed by atoms with Gasteiger partial charge in [0.15, 0.2) is 11.5 Å². The molecule has 0 saturated carbocycles. The maximum absolute atomic E-state index is 12.7. The van der Waals surface area contributed by atoms with Gasteiger partial charge in [-0.05, 0) is 42.3 Å². The molecule has 0 fully saturated rings. The number of hydrogen-bond acceptors (Lipinski definition) is 6. The van der Waals surface area contributed by atoms with Crippen LogP contribution in [-0.2, 0) is 14.8 Å². The van der Waals surface area contributed by atoms with Gasteiger partial charge in [-0.25, -0.2) is 8.42 Å². The minimum Gasteiger partial charge on any atom is -0.493 e. The third kappa shape index (κ3) is 4.51. The van der Waals surface area contributed by atoms with Gasteiger partial charge in [0.05, 0.1) is 26.2 Å². The molecule has 1 atom stereocenters. The highest BCUT2D eigenvalue weighted by Gasteiger charge is 2.35. The van der Waals surface area contributed by atoms with Crippen molar-refractivity contribution in [3.63, 3.8) is 0 Å². The molecular formula is C20H23N3O5S. The maximum atomic E-state index is 12.7. The van der Waals surface area contributed by atoms with Crippen LogP contribution >= 0.6 is 0 Å². The summed E-state index contributed by atoms with van der Waals surface area (Å²) in [4.78, 5) is 17.3. The van der Waals surface area contributed by atoms with Gasteiger partial charge in [0.25, 0.3) is 0 Å².